The first-order chi connectivity index (χ1) is 14.0. The molecule has 1 N–H and O–H groups in total. The van der Waals surface area contributed by atoms with Crippen LogP contribution in [0.2, 0.25) is 0 Å². The summed E-state index contributed by atoms with van der Waals surface area (Å²) in [6, 6.07) is 4.89. The van der Waals surface area contributed by atoms with Gasteiger partial charge in [0, 0.05) is 0 Å². The number of rotatable bonds is 2. The van der Waals surface area contributed by atoms with E-state index in [0.29, 0.717) is 20.8 Å². The van der Waals surface area contributed by atoms with Gasteiger partial charge in [0.25, 0.3) is 5.56 Å². The van der Waals surface area contributed by atoms with Gasteiger partial charge in [-0.15, -0.1) is 0 Å². The molecule has 2 amide bonds. The molecule has 0 aliphatic carbocycles. The van der Waals surface area contributed by atoms with E-state index in [2.05, 4.69) is 10.4 Å². The highest BCUT2D eigenvalue weighted by Gasteiger charge is 2.49. The highest BCUT2D eigenvalue weighted by Crippen LogP contribution is 2.37. The van der Waals surface area contributed by atoms with Gasteiger partial charge in [-0.05, 0) is 31.5 Å². The number of para-hydroxylation sites is 2. The maximum absolute atomic E-state index is 13.8. The summed E-state index contributed by atoms with van der Waals surface area (Å²) in [6.45, 7) is 2.19. The van der Waals surface area contributed by atoms with Crippen LogP contribution in [0, 0.1) is 25.2 Å². The number of carbonyl (C=O) groups excluding carboxylic acids is 2. The van der Waals surface area contributed by atoms with Crippen molar-refractivity contribution in [1.29, 1.82) is 5.26 Å². The molecule has 156 valence electrons. The van der Waals surface area contributed by atoms with Gasteiger partial charge >= 0.3 is 6.18 Å². The third-order valence-electron chi connectivity index (χ3n) is 4.81. The van der Waals surface area contributed by atoms with Crippen molar-refractivity contribution < 1.29 is 22.8 Å². The first-order valence-electron chi connectivity index (χ1n) is 8.80. The van der Waals surface area contributed by atoms with E-state index in [0.717, 1.165) is 0 Å². The molecule has 1 unspecified atom stereocenters. The minimum absolute atomic E-state index is 0.0423. The molecular weight excluding hydrogens is 403 g/mol. The lowest BCUT2D eigenvalue weighted by Gasteiger charge is -2.31. The minimum Gasteiger partial charge on any atom is -0.324 e. The van der Waals surface area contributed by atoms with Crippen LogP contribution in [-0.4, -0.2) is 33.8 Å². The van der Waals surface area contributed by atoms with Crippen LogP contribution in [0.3, 0.4) is 0 Å². The number of benzene rings is 1. The number of amides is 2. The van der Waals surface area contributed by atoms with E-state index >= 15 is 0 Å². The van der Waals surface area contributed by atoms with Crippen molar-refractivity contribution in [3.63, 3.8) is 0 Å². The smallest absolute Gasteiger partial charge is 0.324 e. The molecule has 0 saturated heterocycles. The largest absolute Gasteiger partial charge is 0.409 e. The Hall–Kier alpha value is -3.68. The second-order valence-corrected chi connectivity index (χ2v) is 6.75. The fraction of sp³-hybridized carbons (Fsp3) is 0.316. The first-order valence-corrected chi connectivity index (χ1v) is 8.80. The van der Waals surface area contributed by atoms with E-state index in [9.17, 15) is 32.8 Å². The van der Waals surface area contributed by atoms with Crippen molar-refractivity contribution in [1.82, 2.24) is 9.78 Å². The predicted molar refractivity (Wildman–Crippen MR) is 99.7 cm³/mol. The number of aryl methyl sites for hydroxylation is 1. The Balaban J connectivity index is 2.11. The lowest BCUT2D eigenvalue weighted by atomic mass is 10.1. The molecular formula is C19H16F3N5O3. The van der Waals surface area contributed by atoms with Crippen LogP contribution >= 0.6 is 0 Å². The molecule has 3 rings (SSSR count). The van der Waals surface area contributed by atoms with Gasteiger partial charge in [-0.25, -0.2) is 4.68 Å². The molecule has 0 radical (unpaired) electrons. The fourth-order valence-corrected chi connectivity index (χ4v) is 3.21. The molecule has 0 saturated carbocycles. The Bertz CT molecular complexity index is 1130. The van der Waals surface area contributed by atoms with Crippen molar-refractivity contribution >= 4 is 23.2 Å². The van der Waals surface area contributed by atoms with Crippen LogP contribution in [0.1, 0.15) is 23.2 Å². The van der Waals surface area contributed by atoms with Crippen molar-refractivity contribution in [2.75, 3.05) is 10.2 Å². The summed E-state index contributed by atoms with van der Waals surface area (Å²) < 4.78 is 41.9. The number of carbonyl (C=O) groups is 2. The van der Waals surface area contributed by atoms with Crippen LogP contribution in [-0.2, 0) is 16.1 Å². The second-order valence-electron chi connectivity index (χ2n) is 6.75. The molecule has 8 nitrogen and oxygen atoms in total. The van der Waals surface area contributed by atoms with E-state index in [4.69, 9.17) is 0 Å². The van der Waals surface area contributed by atoms with Gasteiger partial charge in [0.1, 0.15) is 24.2 Å². The summed E-state index contributed by atoms with van der Waals surface area (Å²) in [5.41, 5.74) is -0.604. The lowest BCUT2D eigenvalue weighted by molar-refractivity contribution is -0.158. The average molecular weight is 419 g/mol. The van der Waals surface area contributed by atoms with Crippen LogP contribution in [0.15, 0.2) is 29.1 Å². The summed E-state index contributed by atoms with van der Waals surface area (Å²) in [5.74, 6) is -1.99. The van der Waals surface area contributed by atoms with E-state index in [-0.39, 0.29) is 16.9 Å². The van der Waals surface area contributed by atoms with E-state index < -0.39 is 42.6 Å². The maximum atomic E-state index is 13.8. The highest BCUT2D eigenvalue weighted by atomic mass is 19.4. The Morgan fingerprint density at radius 1 is 1.30 bits per heavy atom. The average Bonchev–Trinajstić information content (AvgIpc) is 2.82. The summed E-state index contributed by atoms with van der Waals surface area (Å²) in [6.07, 6.45) is -5.90. The minimum atomic E-state index is -4.90. The Kier molecular flexibility index (Phi) is 5.35. The highest BCUT2D eigenvalue weighted by molar-refractivity contribution is 6.04. The number of anilines is 2. The van der Waals surface area contributed by atoms with E-state index in [1.165, 1.54) is 38.1 Å². The lowest BCUT2D eigenvalue weighted by Crippen LogP contribution is -2.51. The number of hydrogen-bond donors (Lipinski definition) is 1. The van der Waals surface area contributed by atoms with Crippen LogP contribution in [0.5, 0.6) is 0 Å². The van der Waals surface area contributed by atoms with Gasteiger partial charge < -0.3 is 5.32 Å². The molecule has 1 aliphatic heterocycles. The quantitative estimate of drug-likeness (QED) is 0.802. The Morgan fingerprint density at radius 3 is 2.60 bits per heavy atom. The van der Waals surface area contributed by atoms with Gasteiger partial charge in [0.2, 0.25) is 11.8 Å². The summed E-state index contributed by atoms with van der Waals surface area (Å²) in [7, 11) is 0. The van der Waals surface area contributed by atoms with Gasteiger partial charge in [-0.2, -0.15) is 23.5 Å². The monoisotopic (exact) mass is 419 g/mol. The molecule has 30 heavy (non-hydrogen) atoms. The van der Waals surface area contributed by atoms with Gasteiger partial charge in [-0.3, -0.25) is 19.3 Å². The SMILES string of the molecule is Cc1nn(CC(=O)N2c3ccccc3NC(=O)CC2C(F)(F)F)c(=O)c(C#N)c1C. The van der Waals surface area contributed by atoms with E-state index in [1.807, 2.05) is 0 Å². The van der Waals surface area contributed by atoms with Gasteiger partial charge in [-0.1, -0.05) is 12.1 Å². The van der Waals surface area contributed by atoms with Crippen LogP contribution < -0.4 is 15.8 Å². The molecule has 1 aliphatic rings. The molecule has 0 fully saturated rings. The molecule has 1 aromatic heterocycles. The number of nitrogens with one attached hydrogen (secondary N) is 1. The molecule has 1 atom stereocenters. The molecule has 0 bridgehead atoms. The molecule has 11 heteroatoms. The number of fused-ring (bicyclic) bond motifs is 1. The first kappa shape index (κ1) is 21.0. The number of nitriles is 1. The number of aromatic nitrogens is 2. The zero-order chi connectivity index (χ0) is 22.2. The molecule has 0 spiro atoms. The normalized spacial score (nSPS) is 16.3. The van der Waals surface area contributed by atoms with Crippen molar-refractivity contribution in [3.05, 3.63) is 51.4 Å². The standard InChI is InChI=1S/C19H16F3N5O3/c1-10-11(2)25-26(18(30)12(10)8-23)9-17(29)27-14-6-4-3-5-13(14)24-16(28)7-15(27)19(20,21)22/h3-6,15H,7,9H2,1-2H3,(H,24,28). The predicted octanol–water partition coefficient (Wildman–Crippen LogP) is 2.04. The van der Waals surface area contributed by atoms with Crippen molar-refractivity contribution in [2.45, 2.75) is 39.0 Å². The molecule has 1 aromatic carbocycles. The van der Waals surface area contributed by atoms with Crippen LogP contribution in [0.4, 0.5) is 24.5 Å². The number of halogens is 3. The zero-order valence-electron chi connectivity index (χ0n) is 15.9. The van der Waals surface area contributed by atoms with Gasteiger partial charge in [0.05, 0.1) is 23.5 Å². The second kappa shape index (κ2) is 7.62. The molecule has 2 aromatic rings. The van der Waals surface area contributed by atoms with Crippen LogP contribution in [0.25, 0.3) is 0 Å². The van der Waals surface area contributed by atoms with E-state index in [1.54, 1.807) is 6.07 Å². The topological polar surface area (TPSA) is 108 Å². The fourth-order valence-electron chi connectivity index (χ4n) is 3.21. The summed E-state index contributed by atoms with van der Waals surface area (Å²) >= 11 is 0. The Morgan fingerprint density at radius 2 is 1.97 bits per heavy atom. The zero-order valence-corrected chi connectivity index (χ0v) is 15.9. The maximum Gasteiger partial charge on any atom is 0.409 e. The number of alkyl halides is 3. The third-order valence-corrected chi connectivity index (χ3v) is 4.81. The van der Waals surface area contributed by atoms with Crippen molar-refractivity contribution in [2.24, 2.45) is 0 Å². The van der Waals surface area contributed by atoms with Gasteiger partial charge in [0.15, 0.2) is 0 Å². The number of hydrogen-bond acceptors (Lipinski definition) is 5. The summed E-state index contributed by atoms with van der Waals surface area (Å²) in [5, 5.41) is 15.5. The molecule has 2 heterocycles. The summed E-state index contributed by atoms with van der Waals surface area (Å²) in [4.78, 5) is 37.9. The third kappa shape index (κ3) is 3.76. The Labute approximate surface area is 168 Å². The van der Waals surface area contributed by atoms with Crippen molar-refractivity contribution in [3.8, 4) is 6.07 Å². The number of nitrogens with zero attached hydrogens (tertiary/aromatic N) is 4.